The second-order valence-corrected chi connectivity index (χ2v) is 6.27. The molecule has 1 amide bonds. The van der Waals surface area contributed by atoms with Gasteiger partial charge in [-0.15, -0.1) is 0 Å². The number of hydrogen-bond acceptors (Lipinski definition) is 5. The van der Waals surface area contributed by atoms with Gasteiger partial charge in [-0.3, -0.25) is 14.4 Å². The largest absolute Gasteiger partial charge is 0.454 e. The molecule has 134 valence electrons. The molecular weight excluding hydrogens is 320 g/mol. The van der Waals surface area contributed by atoms with Crippen LogP contribution in [0.2, 0.25) is 0 Å². The van der Waals surface area contributed by atoms with Gasteiger partial charge in [0, 0.05) is 24.3 Å². The first-order valence-electron chi connectivity index (χ1n) is 8.36. The second kappa shape index (κ2) is 7.14. The Labute approximate surface area is 147 Å². The molecule has 0 spiro atoms. The SMILES string of the molecule is CCn1ncc(CNC(=O)[C@H](c2ccc3c(c2)OCO3)N(C)C)c1C. The van der Waals surface area contributed by atoms with Crippen molar-refractivity contribution < 1.29 is 14.3 Å². The summed E-state index contributed by atoms with van der Waals surface area (Å²) in [5.74, 6) is 1.33. The van der Waals surface area contributed by atoms with Crippen molar-refractivity contribution in [3.05, 3.63) is 41.2 Å². The summed E-state index contributed by atoms with van der Waals surface area (Å²) in [4.78, 5) is 14.7. The van der Waals surface area contributed by atoms with Crippen molar-refractivity contribution in [1.82, 2.24) is 20.0 Å². The predicted octanol–water partition coefficient (Wildman–Crippen LogP) is 1.86. The van der Waals surface area contributed by atoms with Crippen molar-refractivity contribution >= 4 is 5.91 Å². The van der Waals surface area contributed by atoms with E-state index < -0.39 is 6.04 Å². The number of benzene rings is 1. The molecule has 0 fully saturated rings. The number of aryl methyl sites for hydroxylation is 1. The number of nitrogens with one attached hydrogen (secondary N) is 1. The topological polar surface area (TPSA) is 68.6 Å². The highest BCUT2D eigenvalue weighted by molar-refractivity contribution is 5.83. The molecule has 1 atom stereocenters. The van der Waals surface area contributed by atoms with Gasteiger partial charge < -0.3 is 14.8 Å². The number of rotatable bonds is 6. The molecule has 1 N–H and O–H groups in total. The molecule has 1 aromatic heterocycles. The van der Waals surface area contributed by atoms with Gasteiger partial charge in [0.05, 0.1) is 6.20 Å². The predicted molar refractivity (Wildman–Crippen MR) is 93.5 cm³/mol. The normalized spacial score (nSPS) is 14.0. The van der Waals surface area contributed by atoms with E-state index >= 15 is 0 Å². The van der Waals surface area contributed by atoms with E-state index in [0.717, 1.165) is 23.4 Å². The maximum absolute atomic E-state index is 12.8. The van der Waals surface area contributed by atoms with Crippen molar-refractivity contribution in [2.75, 3.05) is 20.9 Å². The fourth-order valence-corrected chi connectivity index (χ4v) is 3.02. The van der Waals surface area contributed by atoms with Gasteiger partial charge >= 0.3 is 0 Å². The highest BCUT2D eigenvalue weighted by Gasteiger charge is 2.25. The van der Waals surface area contributed by atoms with Gasteiger partial charge in [-0.2, -0.15) is 5.10 Å². The molecule has 1 aliphatic heterocycles. The van der Waals surface area contributed by atoms with Crippen LogP contribution in [0.25, 0.3) is 0 Å². The fourth-order valence-electron chi connectivity index (χ4n) is 3.02. The Morgan fingerprint density at radius 1 is 1.36 bits per heavy atom. The molecule has 1 aliphatic rings. The standard InChI is InChI=1S/C18H24N4O3/c1-5-22-12(2)14(10-20-22)9-19-18(23)17(21(3)4)13-6-7-15-16(8-13)25-11-24-15/h6-8,10,17H,5,9,11H2,1-4H3,(H,19,23)/t17-/m0/s1. The molecule has 0 radical (unpaired) electrons. The number of ether oxygens (including phenoxy) is 2. The molecule has 0 unspecified atom stereocenters. The molecule has 0 bridgehead atoms. The third kappa shape index (κ3) is 3.46. The number of amides is 1. The van der Waals surface area contributed by atoms with Crippen LogP contribution < -0.4 is 14.8 Å². The van der Waals surface area contributed by atoms with Gasteiger partial charge in [-0.25, -0.2) is 0 Å². The molecule has 0 saturated heterocycles. The number of likely N-dealkylation sites (N-methyl/N-ethyl adjacent to an activating group) is 1. The quantitative estimate of drug-likeness (QED) is 0.866. The summed E-state index contributed by atoms with van der Waals surface area (Å²) in [6.07, 6.45) is 1.81. The van der Waals surface area contributed by atoms with E-state index in [4.69, 9.17) is 9.47 Å². The van der Waals surface area contributed by atoms with Gasteiger partial charge in [-0.05, 0) is 45.6 Å². The van der Waals surface area contributed by atoms with Crippen LogP contribution in [0.1, 0.15) is 29.8 Å². The van der Waals surface area contributed by atoms with Crippen LogP contribution in [0.4, 0.5) is 0 Å². The Morgan fingerprint density at radius 3 is 2.80 bits per heavy atom. The summed E-state index contributed by atoms with van der Waals surface area (Å²) < 4.78 is 12.7. The molecule has 0 aliphatic carbocycles. The third-order valence-corrected chi connectivity index (χ3v) is 4.43. The van der Waals surface area contributed by atoms with Crippen molar-refractivity contribution in [3.63, 3.8) is 0 Å². The van der Waals surface area contributed by atoms with E-state index in [1.54, 1.807) is 0 Å². The molecule has 1 aromatic carbocycles. The average Bonchev–Trinajstić information content (AvgIpc) is 3.18. The Hall–Kier alpha value is -2.54. The van der Waals surface area contributed by atoms with Gasteiger partial charge in [0.2, 0.25) is 12.7 Å². The van der Waals surface area contributed by atoms with Crippen LogP contribution in [0, 0.1) is 6.92 Å². The highest BCUT2D eigenvalue weighted by Crippen LogP contribution is 2.35. The van der Waals surface area contributed by atoms with E-state index in [1.807, 2.05) is 61.9 Å². The molecule has 25 heavy (non-hydrogen) atoms. The zero-order valence-corrected chi connectivity index (χ0v) is 15.1. The first kappa shape index (κ1) is 17.3. The summed E-state index contributed by atoms with van der Waals surface area (Å²) in [6, 6.07) is 5.21. The molecule has 7 nitrogen and oxygen atoms in total. The zero-order valence-electron chi connectivity index (χ0n) is 15.1. The molecule has 2 heterocycles. The minimum absolute atomic E-state index is 0.0625. The molecule has 7 heteroatoms. The first-order chi connectivity index (χ1) is 12.0. The van der Waals surface area contributed by atoms with Gasteiger partial charge in [0.15, 0.2) is 11.5 Å². The Balaban J connectivity index is 1.74. The number of fused-ring (bicyclic) bond motifs is 1. The number of nitrogens with zero attached hydrogens (tertiary/aromatic N) is 3. The summed E-state index contributed by atoms with van der Waals surface area (Å²) in [6.45, 7) is 5.55. The number of hydrogen-bond donors (Lipinski definition) is 1. The summed E-state index contributed by atoms with van der Waals surface area (Å²) >= 11 is 0. The smallest absolute Gasteiger partial charge is 0.242 e. The van der Waals surface area contributed by atoms with Crippen molar-refractivity contribution in [2.24, 2.45) is 0 Å². The van der Waals surface area contributed by atoms with E-state index in [2.05, 4.69) is 10.4 Å². The lowest BCUT2D eigenvalue weighted by Gasteiger charge is -2.24. The number of carbonyl (C=O) groups excluding carboxylic acids is 1. The zero-order chi connectivity index (χ0) is 18.0. The maximum Gasteiger partial charge on any atom is 0.242 e. The van der Waals surface area contributed by atoms with Crippen LogP contribution >= 0.6 is 0 Å². The van der Waals surface area contributed by atoms with Crippen LogP contribution in [0.3, 0.4) is 0 Å². The van der Waals surface area contributed by atoms with E-state index in [-0.39, 0.29) is 12.7 Å². The highest BCUT2D eigenvalue weighted by atomic mass is 16.7. The van der Waals surface area contributed by atoms with Gasteiger partial charge in [-0.1, -0.05) is 6.07 Å². The third-order valence-electron chi connectivity index (χ3n) is 4.43. The number of aromatic nitrogens is 2. The van der Waals surface area contributed by atoms with Crippen molar-refractivity contribution in [2.45, 2.75) is 33.0 Å². The molecular formula is C18H24N4O3. The maximum atomic E-state index is 12.8. The lowest BCUT2D eigenvalue weighted by molar-refractivity contribution is -0.125. The number of carbonyl (C=O) groups is 1. The monoisotopic (exact) mass is 344 g/mol. The summed E-state index contributed by atoms with van der Waals surface area (Å²) in [7, 11) is 3.77. The van der Waals surface area contributed by atoms with Crippen LogP contribution in [0.15, 0.2) is 24.4 Å². The van der Waals surface area contributed by atoms with Crippen LogP contribution in [-0.4, -0.2) is 41.5 Å². The lowest BCUT2D eigenvalue weighted by atomic mass is 10.0. The van der Waals surface area contributed by atoms with Gasteiger partial charge in [0.1, 0.15) is 6.04 Å². The van der Waals surface area contributed by atoms with Crippen molar-refractivity contribution in [1.29, 1.82) is 0 Å². The van der Waals surface area contributed by atoms with E-state index in [0.29, 0.717) is 18.0 Å². The Bertz CT molecular complexity index is 770. The Morgan fingerprint density at radius 2 is 2.12 bits per heavy atom. The van der Waals surface area contributed by atoms with Crippen LogP contribution in [0.5, 0.6) is 11.5 Å². The first-order valence-corrected chi connectivity index (χ1v) is 8.36. The Kier molecular flexibility index (Phi) is 4.94. The molecule has 0 saturated carbocycles. The second-order valence-electron chi connectivity index (χ2n) is 6.27. The average molecular weight is 344 g/mol. The van der Waals surface area contributed by atoms with Gasteiger partial charge in [0.25, 0.3) is 0 Å². The fraction of sp³-hybridized carbons (Fsp3) is 0.444. The minimum atomic E-state index is -0.406. The van der Waals surface area contributed by atoms with Crippen molar-refractivity contribution in [3.8, 4) is 11.5 Å². The summed E-state index contributed by atoms with van der Waals surface area (Å²) in [5.41, 5.74) is 2.97. The molecule has 3 rings (SSSR count). The van der Waals surface area contributed by atoms with Crippen LogP contribution in [-0.2, 0) is 17.9 Å². The summed E-state index contributed by atoms with van der Waals surface area (Å²) in [5, 5.41) is 7.33. The van der Waals surface area contributed by atoms with E-state index in [1.165, 1.54) is 0 Å². The lowest BCUT2D eigenvalue weighted by Crippen LogP contribution is -2.36. The minimum Gasteiger partial charge on any atom is -0.454 e. The molecule has 2 aromatic rings. The van der Waals surface area contributed by atoms with E-state index in [9.17, 15) is 4.79 Å².